The highest BCUT2D eigenvalue weighted by Crippen LogP contribution is 2.35. The van der Waals surface area contributed by atoms with Gasteiger partial charge in [0, 0.05) is 22.9 Å². The molecule has 0 radical (unpaired) electrons. The van der Waals surface area contributed by atoms with E-state index in [2.05, 4.69) is 14.7 Å². The van der Waals surface area contributed by atoms with Gasteiger partial charge in [0.25, 0.3) is 0 Å². The molecular weight excluding hydrogens is 411 g/mol. The van der Waals surface area contributed by atoms with Crippen molar-refractivity contribution in [2.24, 2.45) is 0 Å². The molecule has 146 valence electrons. The highest BCUT2D eigenvalue weighted by molar-refractivity contribution is 8.00. The zero-order valence-electron chi connectivity index (χ0n) is 14.4. The number of aromatic nitrogens is 2. The number of nitrogens with zero attached hydrogens (tertiary/aromatic N) is 3. The number of thiophene rings is 1. The summed E-state index contributed by atoms with van der Waals surface area (Å²) >= 11 is 2.82. The second-order valence-corrected chi connectivity index (χ2v) is 8.33. The number of benzene rings is 1. The number of hydrogen-bond donors (Lipinski definition) is 0. The van der Waals surface area contributed by atoms with Crippen molar-refractivity contribution in [3.8, 4) is 10.7 Å². The van der Waals surface area contributed by atoms with Crippen LogP contribution in [-0.2, 0) is 23.9 Å². The van der Waals surface area contributed by atoms with Gasteiger partial charge >= 0.3 is 12.1 Å². The Kier molecular flexibility index (Phi) is 5.15. The monoisotopic (exact) mass is 425 g/mol. The van der Waals surface area contributed by atoms with E-state index in [9.17, 15) is 18.0 Å². The summed E-state index contributed by atoms with van der Waals surface area (Å²) in [4.78, 5) is 20.3. The maximum atomic E-state index is 12.6. The molecule has 0 unspecified atom stereocenters. The van der Waals surface area contributed by atoms with Gasteiger partial charge in [0.05, 0.1) is 10.6 Å². The first-order valence-electron chi connectivity index (χ1n) is 8.38. The van der Waals surface area contributed by atoms with E-state index in [1.807, 2.05) is 30.3 Å². The molecule has 0 fully saturated rings. The standard InChI is InChI=1S/C18H14F3N3O2S2/c19-18(20,21)17-22-16(23-26-17)14-8-11-9-24(7-6-13(11)28-14)15(25)10-27-12-4-2-1-3-5-12/h1-5,8H,6-7,9-10H2. The van der Waals surface area contributed by atoms with Crippen LogP contribution in [0.1, 0.15) is 16.3 Å². The maximum absolute atomic E-state index is 12.6. The van der Waals surface area contributed by atoms with Crippen molar-refractivity contribution in [1.82, 2.24) is 15.0 Å². The van der Waals surface area contributed by atoms with E-state index in [4.69, 9.17) is 0 Å². The van der Waals surface area contributed by atoms with Gasteiger partial charge in [0.2, 0.25) is 11.7 Å². The van der Waals surface area contributed by atoms with Gasteiger partial charge in [0.15, 0.2) is 0 Å². The van der Waals surface area contributed by atoms with Gasteiger partial charge in [-0.25, -0.2) is 0 Å². The Morgan fingerprint density at radius 1 is 1.29 bits per heavy atom. The lowest BCUT2D eigenvalue weighted by atomic mass is 10.1. The summed E-state index contributed by atoms with van der Waals surface area (Å²) < 4.78 is 42.2. The number of halogens is 3. The van der Waals surface area contributed by atoms with Crippen molar-refractivity contribution in [2.75, 3.05) is 12.3 Å². The largest absolute Gasteiger partial charge is 0.471 e. The van der Waals surface area contributed by atoms with E-state index < -0.39 is 12.1 Å². The maximum Gasteiger partial charge on any atom is 0.471 e. The molecule has 0 saturated heterocycles. The Morgan fingerprint density at radius 2 is 2.07 bits per heavy atom. The average Bonchev–Trinajstić information content (AvgIpc) is 3.32. The highest BCUT2D eigenvalue weighted by Gasteiger charge is 2.38. The fraction of sp³-hybridized carbons (Fsp3) is 0.278. The van der Waals surface area contributed by atoms with Gasteiger partial charge in [-0.05, 0) is 30.2 Å². The summed E-state index contributed by atoms with van der Waals surface area (Å²) in [5, 5.41) is 3.43. The third-order valence-corrected chi connectivity index (χ3v) is 6.44. The molecule has 0 spiro atoms. The molecule has 0 saturated carbocycles. The van der Waals surface area contributed by atoms with Crippen LogP contribution in [0.2, 0.25) is 0 Å². The van der Waals surface area contributed by atoms with Gasteiger partial charge in [-0.2, -0.15) is 18.2 Å². The summed E-state index contributed by atoms with van der Waals surface area (Å²) in [5.41, 5.74) is 0.919. The molecule has 1 aromatic carbocycles. The highest BCUT2D eigenvalue weighted by atomic mass is 32.2. The van der Waals surface area contributed by atoms with Crippen molar-refractivity contribution < 1.29 is 22.5 Å². The SMILES string of the molecule is O=C(CSc1ccccc1)N1CCc2sc(-c3noc(C(F)(F)F)n3)cc2C1. The number of rotatable bonds is 4. The molecule has 5 nitrogen and oxygen atoms in total. The van der Waals surface area contributed by atoms with Crippen LogP contribution in [0.4, 0.5) is 13.2 Å². The van der Waals surface area contributed by atoms with Crippen molar-refractivity contribution in [2.45, 2.75) is 24.0 Å². The predicted octanol–water partition coefficient (Wildman–Crippen LogP) is 4.49. The normalized spacial score (nSPS) is 14.2. The average molecular weight is 425 g/mol. The first-order valence-corrected chi connectivity index (χ1v) is 10.2. The fourth-order valence-electron chi connectivity index (χ4n) is 2.85. The van der Waals surface area contributed by atoms with Gasteiger partial charge in [-0.3, -0.25) is 4.79 Å². The number of thioether (sulfide) groups is 1. The smallest absolute Gasteiger partial charge is 0.337 e. The van der Waals surface area contributed by atoms with Gasteiger partial charge < -0.3 is 9.42 Å². The van der Waals surface area contributed by atoms with Crippen LogP contribution in [0.3, 0.4) is 0 Å². The molecule has 2 aromatic heterocycles. The minimum Gasteiger partial charge on any atom is -0.337 e. The predicted molar refractivity (Wildman–Crippen MR) is 98.9 cm³/mol. The molecule has 1 amide bonds. The second kappa shape index (κ2) is 7.59. The zero-order valence-corrected chi connectivity index (χ0v) is 16.0. The van der Waals surface area contributed by atoms with Gasteiger partial charge in [-0.1, -0.05) is 23.4 Å². The first-order chi connectivity index (χ1) is 13.4. The minimum atomic E-state index is -4.66. The Morgan fingerprint density at radius 3 is 2.79 bits per heavy atom. The quantitative estimate of drug-likeness (QED) is 0.577. The van der Waals surface area contributed by atoms with Crippen molar-refractivity contribution in [1.29, 1.82) is 0 Å². The Hall–Kier alpha value is -2.33. The number of hydrogen-bond acceptors (Lipinski definition) is 6. The van der Waals surface area contributed by atoms with E-state index in [0.717, 1.165) is 15.3 Å². The fourth-order valence-corrected chi connectivity index (χ4v) is 4.76. The van der Waals surface area contributed by atoms with E-state index in [0.29, 0.717) is 30.1 Å². The van der Waals surface area contributed by atoms with E-state index in [-0.39, 0.29) is 11.7 Å². The Labute approximate surface area is 166 Å². The van der Waals surface area contributed by atoms with Crippen LogP contribution < -0.4 is 0 Å². The van der Waals surface area contributed by atoms with Crippen LogP contribution in [0.25, 0.3) is 10.7 Å². The summed E-state index contributed by atoms with van der Waals surface area (Å²) in [6.07, 6.45) is -4.01. The van der Waals surface area contributed by atoms with Crippen molar-refractivity contribution in [3.05, 3.63) is 52.7 Å². The topological polar surface area (TPSA) is 59.2 Å². The van der Waals surface area contributed by atoms with Crippen LogP contribution in [0.5, 0.6) is 0 Å². The lowest BCUT2D eigenvalue weighted by molar-refractivity contribution is -0.159. The zero-order chi connectivity index (χ0) is 19.7. The van der Waals surface area contributed by atoms with Gasteiger partial charge in [0.1, 0.15) is 0 Å². The number of carbonyl (C=O) groups excluding carboxylic acids is 1. The minimum absolute atomic E-state index is 0.0335. The van der Waals surface area contributed by atoms with Crippen molar-refractivity contribution in [3.63, 3.8) is 0 Å². The molecule has 0 N–H and O–H groups in total. The molecule has 3 heterocycles. The summed E-state index contributed by atoms with van der Waals surface area (Å²) in [5.74, 6) is -1.06. The van der Waals surface area contributed by atoms with E-state index in [1.54, 1.807) is 11.0 Å². The molecule has 10 heteroatoms. The Balaban J connectivity index is 1.43. The van der Waals surface area contributed by atoms with E-state index >= 15 is 0 Å². The van der Waals surface area contributed by atoms with Crippen LogP contribution in [-0.4, -0.2) is 33.2 Å². The lowest BCUT2D eigenvalue weighted by Crippen LogP contribution is -2.36. The number of amides is 1. The van der Waals surface area contributed by atoms with Crippen LogP contribution in [0, 0.1) is 0 Å². The summed E-state index contributed by atoms with van der Waals surface area (Å²) in [6, 6.07) is 11.4. The lowest BCUT2D eigenvalue weighted by Gasteiger charge is -2.26. The summed E-state index contributed by atoms with van der Waals surface area (Å²) in [7, 11) is 0. The number of alkyl halides is 3. The molecule has 3 aromatic rings. The van der Waals surface area contributed by atoms with Crippen molar-refractivity contribution >= 4 is 29.0 Å². The van der Waals surface area contributed by atoms with Crippen LogP contribution in [0.15, 0.2) is 45.8 Å². The third kappa shape index (κ3) is 4.07. The molecule has 0 atom stereocenters. The summed E-state index contributed by atoms with van der Waals surface area (Å²) in [6.45, 7) is 1.02. The number of carbonyl (C=O) groups is 1. The molecule has 0 bridgehead atoms. The number of fused-ring (bicyclic) bond motifs is 1. The van der Waals surface area contributed by atoms with Crippen LogP contribution >= 0.6 is 23.1 Å². The molecule has 1 aliphatic heterocycles. The second-order valence-electron chi connectivity index (χ2n) is 6.15. The van der Waals surface area contributed by atoms with Gasteiger partial charge in [-0.15, -0.1) is 23.1 Å². The third-order valence-electron chi connectivity index (χ3n) is 4.21. The first kappa shape index (κ1) is 19.0. The van der Waals surface area contributed by atoms with E-state index in [1.165, 1.54) is 23.1 Å². The molecule has 4 rings (SSSR count). The molecule has 0 aliphatic carbocycles. The Bertz CT molecular complexity index is 986. The molecular formula is C18H14F3N3O2S2. The molecule has 28 heavy (non-hydrogen) atoms. The molecule has 1 aliphatic rings.